The lowest BCUT2D eigenvalue weighted by molar-refractivity contribution is 0.378. The number of benzene rings is 2. The van der Waals surface area contributed by atoms with Crippen LogP contribution in [-0.4, -0.2) is 7.11 Å². The van der Waals surface area contributed by atoms with Crippen LogP contribution in [0.5, 0.6) is 17.2 Å². The molecule has 0 bridgehead atoms. The lowest BCUT2D eigenvalue weighted by atomic mass is 10.2. The number of methoxy groups -OCH3 is 1. The third-order valence-electron chi connectivity index (χ3n) is 2.73. The highest BCUT2D eigenvalue weighted by Gasteiger charge is 2.07. The zero-order chi connectivity index (χ0) is 15.1. The van der Waals surface area contributed by atoms with Crippen molar-refractivity contribution in [2.45, 2.75) is 0 Å². The van der Waals surface area contributed by atoms with E-state index in [0.717, 1.165) is 5.56 Å². The number of rotatable bonds is 4. The molecule has 0 spiro atoms. The fraction of sp³-hybridized carbons (Fsp3) is 0.0588. The van der Waals surface area contributed by atoms with Crippen molar-refractivity contribution < 1.29 is 9.47 Å². The smallest absolute Gasteiger partial charge is 0.169 e. The van der Waals surface area contributed by atoms with Gasteiger partial charge in [0.05, 0.1) is 24.8 Å². The second kappa shape index (κ2) is 6.79. The van der Waals surface area contributed by atoms with E-state index in [2.05, 4.69) is 0 Å². The third kappa shape index (κ3) is 3.62. The molecule has 0 unspecified atom stereocenters. The second-order valence-electron chi connectivity index (χ2n) is 4.11. The zero-order valence-corrected chi connectivity index (χ0v) is 11.4. The van der Waals surface area contributed by atoms with Crippen molar-refractivity contribution in [1.29, 1.82) is 10.5 Å². The molecule has 0 fully saturated rings. The summed E-state index contributed by atoms with van der Waals surface area (Å²) < 4.78 is 11.0. The predicted molar refractivity (Wildman–Crippen MR) is 78.9 cm³/mol. The number of hydrogen-bond donors (Lipinski definition) is 0. The van der Waals surface area contributed by atoms with Crippen molar-refractivity contribution in [2.75, 3.05) is 7.11 Å². The summed E-state index contributed by atoms with van der Waals surface area (Å²) in [6, 6.07) is 16.3. The van der Waals surface area contributed by atoms with Crippen LogP contribution in [0.1, 0.15) is 11.1 Å². The average Bonchev–Trinajstić information content (AvgIpc) is 2.53. The molecule has 102 valence electrons. The van der Waals surface area contributed by atoms with Crippen molar-refractivity contribution >= 4 is 6.08 Å². The number of nitrogens with zero attached hydrogens (tertiary/aromatic N) is 2. The molecule has 0 atom stereocenters. The molecule has 4 heteroatoms. The number of nitriles is 2. The van der Waals surface area contributed by atoms with Crippen molar-refractivity contribution in [3.63, 3.8) is 0 Å². The molecule has 0 heterocycles. The van der Waals surface area contributed by atoms with E-state index in [0.29, 0.717) is 22.8 Å². The van der Waals surface area contributed by atoms with Gasteiger partial charge in [0, 0.05) is 12.1 Å². The number of hydrogen-bond acceptors (Lipinski definition) is 4. The summed E-state index contributed by atoms with van der Waals surface area (Å²) in [5.74, 6) is 1.64. The summed E-state index contributed by atoms with van der Waals surface area (Å²) in [5.41, 5.74) is 1.37. The Morgan fingerprint density at radius 3 is 2.62 bits per heavy atom. The summed E-state index contributed by atoms with van der Waals surface area (Å²) in [5, 5.41) is 17.4. The minimum Gasteiger partial charge on any atom is -0.493 e. The molecule has 2 aromatic carbocycles. The first-order valence-corrected chi connectivity index (χ1v) is 6.19. The van der Waals surface area contributed by atoms with Crippen LogP contribution >= 0.6 is 0 Å². The van der Waals surface area contributed by atoms with E-state index in [-0.39, 0.29) is 0 Å². The van der Waals surface area contributed by atoms with Crippen molar-refractivity contribution in [3.8, 4) is 29.4 Å². The highest BCUT2D eigenvalue weighted by Crippen LogP contribution is 2.32. The van der Waals surface area contributed by atoms with Gasteiger partial charge in [-0.15, -0.1) is 0 Å². The van der Waals surface area contributed by atoms with Gasteiger partial charge in [0.25, 0.3) is 0 Å². The maximum absolute atomic E-state index is 8.88. The van der Waals surface area contributed by atoms with Gasteiger partial charge in [-0.3, -0.25) is 0 Å². The highest BCUT2D eigenvalue weighted by molar-refractivity contribution is 5.55. The third-order valence-corrected chi connectivity index (χ3v) is 2.73. The van der Waals surface area contributed by atoms with E-state index in [4.69, 9.17) is 20.0 Å². The van der Waals surface area contributed by atoms with Gasteiger partial charge in [-0.25, -0.2) is 0 Å². The van der Waals surface area contributed by atoms with Crippen LogP contribution in [0.2, 0.25) is 0 Å². The van der Waals surface area contributed by atoms with Crippen LogP contribution in [0.25, 0.3) is 6.08 Å². The number of allylic oxidation sites excluding steroid dienone is 1. The lowest BCUT2D eigenvalue weighted by Gasteiger charge is -2.10. The van der Waals surface area contributed by atoms with Crippen molar-refractivity contribution in [1.82, 2.24) is 0 Å². The zero-order valence-electron chi connectivity index (χ0n) is 11.4. The first kappa shape index (κ1) is 14.2. The Labute approximate surface area is 123 Å². The largest absolute Gasteiger partial charge is 0.493 e. The molecule has 4 nitrogen and oxygen atoms in total. The van der Waals surface area contributed by atoms with E-state index in [1.807, 2.05) is 30.3 Å². The van der Waals surface area contributed by atoms with Gasteiger partial charge in [-0.2, -0.15) is 10.5 Å². The van der Waals surface area contributed by atoms with Crippen LogP contribution in [0.3, 0.4) is 0 Å². The van der Waals surface area contributed by atoms with Crippen LogP contribution < -0.4 is 9.47 Å². The van der Waals surface area contributed by atoms with E-state index < -0.39 is 0 Å². The second-order valence-corrected chi connectivity index (χ2v) is 4.11. The fourth-order valence-corrected chi connectivity index (χ4v) is 1.76. The Balaban J connectivity index is 2.28. The van der Waals surface area contributed by atoms with Gasteiger partial charge >= 0.3 is 0 Å². The Morgan fingerprint density at radius 2 is 1.90 bits per heavy atom. The summed E-state index contributed by atoms with van der Waals surface area (Å²) in [6.07, 6.45) is 3.10. The molecule has 2 rings (SSSR count). The SMILES string of the molecule is COc1cc(C#N)ccc1Oc1cccc(C=CC#N)c1. The Bertz CT molecular complexity index is 752. The van der Waals surface area contributed by atoms with Gasteiger partial charge in [0.15, 0.2) is 11.5 Å². The Morgan fingerprint density at radius 1 is 1.05 bits per heavy atom. The average molecular weight is 276 g/mol. The molecule has 0 aliphatic rings. The Kier molecular flexibility index (Phi) is 4.58. The van der Waals surface area contributed by atoms with E-state index >= 15 is 0 Å². The molecule has 0 saturated heterocycles. The molecule has 0 saturated carbocycles. The minimum atomic E-state index is 0.493. The normalized spacial score (nSPS) is 9.86. The summed E-state index contributed by atoms with van der Waals surface area (Å²) in [7, 11) is 1.52. The number of ether oxygens (including phenoxy) is 2. The van der Waals surface area contributed by atoms with Crippen LogP contribution in [0.15, 0.2) is 48.5 Å². The summed E-state index contributed by atoms with van der Waals surface area (Å²) in [6.45, 7) is 0. The molecular weight excluding hydrogens is 264 g/mol. The molecule has 0 aromatic heterocycles. The molecule has 2 aromatic rings. The maximum Gasteiger partial charge on any atom is 0.169 e. The highest BCUT2D eigenvalue weighted by atomic mass is 16.5. The fourth-order valence-electron chi connectivity index (χ4n) is 1.76. The molecule has 0 amide bonds. The Hall–Kier alpha value is -3.24. The molecule has 0 aliphatic carbocycles. The standard InChI is InChI=1S/C17H12N2O2/c1-20-17-11-14(12-19)7-8-16(17)21-15-6-2-4-13(10-15)5-3-9-18/h2-8,10-11H,1H3. The van der Waals surface area contributed by atoms with Crippen molar-refractivity contribution in [2.24, 2.45) is 0 Å². The van der Waals surface area contributed by atoms with Crippen LogP contribution in [-0.2, 0) is 0 Å². The van der Waals surface area contributed by atoms with Crippen LogP contribution in [0, 0.1) is 22.7 Å². The van der Waals surface area contributed by atoms with Crippen molar-refractivity contribution in [3.05, 3.63) is 59.7 Å². The molecule has 21 heavy (non-hydrogen) atoms. The van der Waals surface area contributed by atoms with Gasteiger partial charge in [0.1, 0.15) is 5.75 Å². The maximum atomic E-state index is 8.88. The summed E-state index contributed by atoms with van der Waals surface area (Å²) in [4.78, 5) is 0. The van der Waals surface area contributed by atoms with Crippen LogP contribution in [0.4, 0.5) is 0 Å². The van der Waals surface area contributed by atoms with Gasteiger partial charge in [-0.05, 0) is 35.9 Å². The molecule has 0 aliphatic heterocycles. The van der Waals surface area contributed by atoms with E-state index in [1.165, 1.54) is 13.2 Å². The van der Waals surface area contributed by atoms with Gasteiger partial charge < -0.3 is 9.47 Å². The quantitative estimate of drug-likeness (QED) is 0.794. The minimum absolute atomic E-state index is 0.493. The van der Waals surface area contributed by atoms with E-state index in [1.54, 1.807) is 30.3 Å². The lowest BCUT2D eigenvalue weighted by Crippen LogP contribution is -1.91. The predicted octanol–water partition coefficient (Wildman–Crippen LogP) is 3.90. The van der Waals surface area contributed by atoms with Gasteiger partial charge in [0.2, 0.25) is 0 Å². The topological polar surface area (TPSA) is 66.0 Å². The molecule has 0 N–H and O–H groups in total. The van der Waals surface area contributed by atoms with Gasteiger partial charge in [-0.1, -0.05) is 12.1 Å². The van der Waals surface area contributed by atoms with E-state index in [9.17, 15) is 0 Å². The first-order chi connectivity index (χ1) is 10.3. The first-order valence-electron chi connectivity index (χ1n) is 6.19. The molecule has 0 radical (unpaired) electrons. The molecular formula is C17H12N2O2. The monoisotopic (exact) mass is 276 g/mol. The summed E-state index contributed by atoms with van der Waals surface area (Å²) >= 11 is 0.